The fraction of sp³-hybridized carbons (Fsp3) is 0.609. The number of aromatic nitrogens is 2. The van der Waals surface area contributed by atoms with E-state index < -0.39 is 11.5 Å². The van der Waals surface area contributed by atoms with E-state index in [1.165, 1.54) is 36.9 Å². The summed E-state index contributed by atoms with van der Waals surface area (Å²) in [6.07, 6.45) is 11.1. The lowest BCUT2D eigenvalue weighted by Gasteiger charge is -2.71. The van der Waals surface area contributed by atoms with Crippen molar-refractivity contribution in [2.45, 2.75) is 118 Å². The third kappa shape index (κ3) is 4.94. The van der Waals surface area contributed by atoms with Crippen LogP contribution >= 0.6 is 0 Å². The van der Waals surface area contributed by atoms with Crippen LogP contribution in [0.5, 0.6) is 0 Å². The average Bonchev–Trinajstić information content (AvgIpc) is 3.12. The van der Waals surface area contributed by atoms with E-state index in [0.29, 0.717) is 30.1 Å². The average molecular weight is 702 g/mol. The SMILES string of the molecule is COC(=O)C(Cc1ccccc1)NC(=O)[C@]12CC[C@@H](C)[C@H](C)[C@H]1C1=CC[C@@H]3[C@@]4(C)Cc5nc6ccccc6nc5C(C)(C)[C@@H]4CC[C@@]3(C)[C@]1(C)CC2. The van der Waals surface area contributed by atoms with Crippen molar-refractivity contribution in [1.82, 2.24) is 15.3 Å². The number of carbonyl (C=O) groups is 2. The minimum atomic E-state index is -0.715. The number of hydrogen-bond acceptors (Lipinski definition) is 5. The summed E-state index contributed by atoms with van der Waals surface area (Å²) in [6, 6.07) is 17.6. The molecule has 3 saturated carbocycles. The Morgan fingerprint density at radius 2 is 1.56 bits per heavy atom. The largest absolute Gasteiger partial charge is 0.467 e. The normalized spacial score (nSPS) is 37.9. The van der Waals surface area contributed by atoms with Crippen molar-refractivity contribution in [2.75, 3.05) is 7.11 Å². The molecule has 52 heavy (non-hydrogen) atoms. The van der Waals surface area contributed by atoms with Crippen LogP contribution < -0.4 is 5.32 Å². The minimum absolute atomic E-state index is 0.0189. The number of rotatable bonds is 5. The summed E-state index contributed by atoms with van der Waals surface area (Å²) in [4.78, 5) is 38.7. The van der Waals surface area contributed by atoms with E-state index in [-0.39, 0.29) is 39.5 Å². The highest BCUT2D eigenvalue weighted by atomic mass is 16.5. The number of amides is 1. The Bertz CT molecular complexity index is 1940. The first-order valence-corrected chi connectivity index (χ1v) is 20.1. The Labute approximate surface area is 311 Å². The smallest absolute Gasteiger partial charge is 0.328 e. The molecule has 10 atom stereocenters. The molecule has 276 valence electrons. The van der Waals surface area contributed by atoms with Crippen LogP contribution in [-0.4, -0.2) is 35.0 Å². The van der Waals surface area contributed by atoms with E-state index in [2.05, 4.69) is 84.1 Å². The highest BCUT2D eigenvalue weighted by Gasteiger charge is 2.69. The molecular weight excluding hydrogens is 643 g/mol. The molecule has 1 aromatic heterocycles. The molecule has 5 aliphatic carbocycles. The molecule has 1 heterocycles. The van der Waals surface area contributed by atoms with Crippen LogP contribution in [-0.2, 0) is 32.6 Å². The van der Waals surface area contributed by atoms with E-state index >= 15 is 0 Å². The van der Waals surface area contributed by atoms with Crippen molar-refractivity contribution >= 4 is 22.9 Å². The van der Waals surface area contributed by atoms with Crippen molar-refractivity contribution in [3.05, 3.63) is 83.2 Å². The third-order valence-corrected chi connectivity index (χ3v) is 16.5. The van der Waals surface area contributed by atoms with Crippen molar-refractivity contribution in [3.8, 4) is 0 Å². The number of allylic oxidation sites excluding steroid dienone is 2. The number of esters is 1. The minimum Gasteiger partial charge on any atom is -0.467 e. The number of benzene rings is 2. The number of nitrogens with zero attached hydrogens (tertiary/aromatic N) is 2. The summed E-state index contributed by atoms with van der Waals surface area (Å²) in [5, 5.41) is 3.31. The van der Waals surface area contributed by atoms with Crippen molar-refractivity contribution in [1.29, 1.82) is 0 Å². The highest BCUT2D eigenvalue weighted by Crippen LogP contribution is 2.75. The van der Waals surface area contributed by atoms with Gasteiger partial charge in [0.25, 0.3) is 0 Å². The standard InChI is InChI=1S/C46H59N3O3/c1-28-20-23-46(41(51)49-34(40(50)52-8)26-30-14-10-9-11-15-30)25-24-44(6)31(38(46)29(28)2)18-19-37-43(5)27-35-39(48-33-17-13-12-16-32(33)47-35)42(3,4)36(43)21-22-45(37,44)7/h9-18,28-29,34,36-38H,19-27H2,1-8H3,(H,49,51)/t28-,29+,34?,36+,37-,38+,43+,44-,45-,46+/m1/s1. The number of methoxy groups -OCH3 is 1. The molecule has 6 heteroatoms. The molecule has 0 saturated heterocycles. The summed E-state index contributed by atoms with van der Waals surface area (Å²) in [6.45, 7) is 17.4. The Kier molecular flexibility index (Phi) is 8.36. The van der Waals surface area contributed by atoms with Gasteiger partial charge in [0.2, 0.25) is 5.91 Å². The predicted octanol–water partition coefficient (Wildman–Crippen LogP) is 9.20. The van der Waals surface area contributed by atoms with Crippen molar-refractivity contribution in [2.24, 2.45) is 51.2 Å². The number of hydrogen-bond donors (Lipinski definition) is 1. The van der Waals surface area contributed by atoms with Gasteiger partial charge < -0.3 is 10.1 Å². The number of para-hydroxylation sites is 2. The Morgan fingerprint density at radius 1 is 0.865 bits per heavy atom. The van der Waals surface area contributed by atoms with E-state index in [1.807, 2.05) is 30.3 Å². The van der Waals surface area contributed by atoms with E-state index in [9.17, 15) is 9.59 Å². The lowest BCUT2D eigenvalue weighted by molar-refractivity contribution is -0.171. The molecule has 1 amide bonds. The second kappa shape index (κ2) is 12.2. The predicted molar refractivity (Wildman–Crippen MR) is 206 cm³/mol. The molecule has 6 nitrogen and oxygen atoms in total. The van der Waals surface area contributed by atoms with Crippen molar-refractivity contribution in [3.63, 3.8) is 0 Å². The van der Waals surface area contributed by atoms with Crippen LogP contribution in [0.4, 0.5) is 0 Å². The van der Waals surface area contributed by atoms with Gasteiger partial charge in [-0.3, -0.25) is 4.79 Å². The van der Waals surface area contributed by atoms with Crippen LogP contribution in [0, 0.1) is 51.2 Å². The zero-order valence-electron chi connectivity index (χ0n) is 32.7. The third-order valence-electron chi connectivity index (χ3n) is 16.5. The molecular formula is C46H59N3O3. The van der Waals surface area contributed by atoms with E-state index in [4.69, 9.17) is 14.7 Å². The summed E-state index contributed by atoms with van der Waals surface area (Å²) in [5.74, 6) is 1.72. The van der Waals surface area contributed by atoms with Gasteiger partial charge >= 0.3 is 5.97 Å². The Balaban J connectivity index is 1.17. The fourth-order valence-corrected chi connectivity index (χ4v) is 13.4. The van der Waals surface area contributed by atoms with Gasteiger partial charge in [-0.25, -0.2) is 14.8 Å². The van der Waals surface area contributed by atoms with Gasteiger partial charge in [-0.1, -0.05) is 103 Å². The van der Waals surface area contributed by atoms with E-state index in [0.717, 1.165) is 55.1 Å². The van der Waals surface area contributed by atoms with Gasteiger partial charge in [0.15, 0.2) is 0 Å². The Hall–Kier alpha value is -3.54. The zero-order valence-corrected chi connectivity index (χ0v) is 32.7. The molecule has 8 rings (SSSR count). The van der Waals surface area contributed by atoms with Crippen LogP contribution in [0.1, 0.15) is 110 Å². The summed E-state index contributed by atoms with van der Waals surface area (Å²) >= 11 is 0. The van der Waals surface area contributed by atoms with Gasteiger partial charge in [-0.2, -0.15) is 0 Å². The maximum Gasteiger partial charge on any atom is 0.328 e. The maximum absolute atomic E-state index is 14.9. The lowest BCUT2D eigenvalue weighted by atomic mass is 9.33. The second-order valence-electron chi connectivity index (χ2n) is 18.9. The van der Waals surface area contributed by atoms with Crippen molar-refractivity contribution < 1.29 is 14.3 Å². The molecule has 5 aliphatic rings. The van der Waals surface area contributed by atoms with Crippen LogP contribution in [0.25, 0.3) is 11.0 Å². The van der Waals surface area contributed by atoms with Crippen LogP contribution in [0.15, 0.2) is 66.2 Å². The van der Waals surface area contributed by atoms with Gasteiger partial charge in [-0.15, -0.1) is 0 Å². The van der Waals surface area contributed by atoms with Gasteiger partial charge in [0.05, 0.1) is 34.9 Å². The first kappa shape index (κ1) is 35.5. The molecule has 0 bridgehead atoms. The molecule has 3 aromatic rings. The quantitative estimate of drug-likeness (QED) is 0.212. The topological polar surface area (TPSA) is 81.2 Å². The number of ether oxygens (including phenoxy) is 1. The monoisotopic (exact) mass is 701 g/mol. The summed E-state index contributed by atoms with van der Waals surface area (Å²) in [7, 11) is 1.42. The van der Waals surface area contributed by atoms with Gasteiger partial charge in [0.1, 0.15) is 6.04 Å². The van der Waals surface area contributed by atoms with Crippen LogP contribution in [0.2, 0.25) is 0 Å². The summed E-state index contributed by atoms with van der Waals surface area (Å²) < 4.78 is 5.26. The molecule has 1 unspecified atom stereocenters. The van der Waals surface area contributed by atoms with Gasteiger partial charge in [-0.05, 0) is 115 Å². The zero-order chi connectivity index (χ0) is 36.8. The van der Waals surface area contributed by atoms with E-state index in [1.54, 1.807) is 0 Å². The number of fused-ring (bicyclic) bond motifs is 9. The second-order valence-corrected chi connectivity index (χ2v) is 18.9. The highest BCUT2D eigenvalue weighted by molar-refractivity contribution is 5.89. The molecule has 1 N–H and O–H groups in total. The molecule has 0 aliphatic heterocycles. The molecule has 2 aromatic carbocycles. The first-order valence-electron chi connectivity index (χ1n) is 20.1. The first-order chi connectivity index (χ1) is 24.7. The lowest BCUT2D eigenvalue weighted by Crippen LogP contribution is -2.66. The number of nitrogens with one attached hydrogen (secondary N) is 1. The number of carbonyl (C=O) groups excluding carboxylic acids is 2. The molecule has 0 spiro atoms. The summed E-state index contributed by atoms with van der Waals surface area (Å²) in [5.41, 5.74) is 6.47. The molecule has 0 radical (unpaired) electrons. The Morgan fingerprint density at radius 3 is 2.27 bits per heavy atom. The van der Waals surface area contributed by atoms with Crippen LogP contribution in [0.3, 0.4) is 0 Å². The molecule has 3 fully saturated rings. The maximum atomic E-state index is 14.9. The fourth-order valence-electron chi connectivity index (χ4n) is 13.4. The van der Waals surface area contributed by atoms with Gasteiger partial charge in [0, 0.05) is 11.8 Å².